The highest BCUT2D eigenvalue weighted by atomic mass is 19.1. The molecular weight excluding hydrogens is 473 g/mol. The minimum atomic E-state index is -0.579. The predicted octanol–water partition coefficient (Wildman–Crippen LogP) is 4.05. The van der Waals surface area contributed by atoms with Gasteiger partial charge >= 0.3 is 0 Å². The van der Waals surface area contributed by atoms with E-state index in [1.54, 1.807) is 49.7 Å². The van der Waals surface area contributed by atoms with Gasteiger partial charge in [-0.3, -0.25) is 19.6 Å². The fraction of sp³-hybridized carbons (Fsp3) is 0.286. The molecule has 2 amide bonds. The molecule has 0 radical (unpaired) electrons. The number of rotatable bonds is 8. The van der Waals surface area contributed by atoms with E-state index in [-0.39, 0.29) is 23.3 Å². The number of nitrogens with one attached hydrogen (secondary N) is 1. The fourth-order valence-corrected chi connectivity index (χ4v) is 5.22. The summed E-state index contributed by atoms with van der Waals surface area (Å²) in [4.78, 5) is 33.2. The van der Waals surface area contributed by atoms with Crippen molar-refractivity contribution in [3.63, 3.8) is 0 Å². The third kappa shape index (κ3) is 5.02. The molecule has 0 saturated heterocycles. The lowest BCUT2D eigenvalue weighted by Crippen LogP contribution is -2.34. The van der Waals surface area contributed by atoms with Gasteiger partial charge in [0.25, 0.3) is 0 Å². The number of allylic oxidation sites excluding steroid dienone is 1. The van der Waals surface area contributed by atoms with Crippen molar-refractivity contribution in [2.75, 3.05) is 0 Å². The molecule has 3 fully saturated rings. The van der Waals surface area contributed by atoms with Crippen molar-refractivity contribution in [3.05, 3.63) is 77.0 Å². The maximum atomic E-state index is 15.0. The molecule has 3 aromatic rings. The molecular formula is C28H28FN5O3. The minimum Gasteiger partial charge on any atom is -0.456 e. The molecule has 37 heavy (non-hydrogen) atoms. The number of amides is 2. The maximum absolute atomic E-state index is 15.0. The van der Waals surface area contributed by atoms with Crippen LogP contribution in [0.4, 0.5) is 4.39 Å². The Hall–Kier alpha value is -4.27. The van der Waals surface area contributed by atoms with Gasteiger partial charge in [0.05, 0.1) is 23.2 Å². The van der Waals surface area contributed by atoms with E-state index in [9.17, 15) is 9.59 Å². The van der Waals surface area contributed by atoms with Crippen LogP contribution in [0.1, 0.15) is 47.2 Å². The Morgan fingerprint density at radius 1 is 1.24 bits per heavy atom. The van der Waals surface area contributed by atoms with Gasteiger partial charge in [-0.1, -0.05) is 0 Å². The molecule has 3 saturated carbocycles. The number of fused-ring (bicyclic) bond motifs is 2. The number of nitrogens with zero attached hydrogens (tertiary/aromatic N) is 2. The number of hydrogen-bond donors (Lipinski definition) is 3. The summed E-state index contributed by atoms with van der Waals surface area (Å²) in [5.74, 6) is -0.0927. The van der Waals surface area contributed by atoms with Gasteiger partial charge in [0, 0.05) is 35.6 Å². The molecule has 0 aliphatic heterocycles. The van der Waals surface area contributed by atoms with Crippen LogP contribution < -0.4 is 21.5 Å². The highest BCUT2D eigenvalue weighted by Crippen LogP contribution is 2.54. The van der Waals surface area contributed by atoms with Crippen molar-refractivity contribution in [3.8, 4) is 11.5 Å². The first kappa shape index (κ1) is 24.4. The first-order valence-corrected chi connectivity index (χ1v) is 12.2. The second-order valence-electron chi connectivity index (χ2n) is 9.86. The van der Waals surface area contributed by atoms with Crippen LogP contribution in [-0.4, -0.2) is 28.6 Å². The molecule has 8 nitrogen and oxygen atoms in total. The standard InChI is InChI=1S/C28H28FN5O3/c1-16-8-19(10-26(35)34-20(14-30)15-33-28-6-4-17(12-28)13-28)22(29)11-25(16)37-24-5-7-32-23-3-2-18(27(31)36)9-21(23)24/h2-3,5,7-9,11,14-15,17H,4,6,10,12-13,30H2,1H3,(H2,31,36)(H,34,35). The molecule has 0 spiro atoms. The Balaban J connectivity index is 1.29. The Kier molecular flexibility index (Phi) is 6.37. The zero-order valence-electron chi connectivity index (χ0n) is 20.5. The lowest BCUT2D eigenvalue weighted by Gasteiger charge is -2.34. The molecule has 0 unspecified atom stereocenters. The number of pyridine rings is 1. The quantitative estimate of drug-likeness (QED) is 0.401. The number of aliphatic imine (C=N–C) groups is 1. The number of halogens is 1. The molecule has 0 atom stereocenters. The Labute approximate surface area is 213 Å². The van der Waals surface area contributed by atoms with Gasteiger partial charge in [0.15, 0.2) is 0 Å². The van der Waals surface area contributed by atoms with E-state index in [0.717, 1.165) is 25.2 Å². The number of nitrogens with two attached hydrogens (primary N) is 2. The Morgan fingerprint density at radius 2 is 2.05 bits per heavy atom. The summed E-state index contributed by atoms with van der Waals surface area (Å²) in [6, 6.07) is 9.29. The molecule has 5 N–H and O–H groups in total. The monoisotopic (exact) mass is 501 g/mol. The van der Waals surface area contributed by atoms with Gasteiger partial charge < -0.3 is 21.5 Å². The van der Waals surface area contributed by atoms with Gasteiger partial charge in [0.2, 0.25) is 11.8 Å². The van der Waals surface area contributed by atoms with Gasteiger partial charge in [-0.2, -0.15) is 0 Å². The number of aromatic nitrogens is 1. The molecule has 2 bridgehead atoms. The van der Waals surface area contributed by atoms with E-state index in [4.69, 9.17) is 16.2 Å². The smallest absolute Gasteiger partial charge is 0.248 e. The molecule has 1 heterocycles. The Bertz CT molecular complexity index is 1450. The fourth-order valence-electron chi connectivity index (χ4n) is 5.22. The average Bonchev–Trinajstić information content (AvgIpc) is 3.46. The lowest BCUT2D eigenvalue weighted by atomic mass is 9.78. The lowest BCUT2D eigenvalue weighted by molar-refractivity contribution is -0.119. The van der Waals surface area contributed by atoms with Gasteiger partial charge in [-0.05, 0) is 80.0 Å². The van der Waals surface area contributed by atoms with E-state index in [0.29, 0.717) is 33.5 Å². The third-order valence-corrected chi connectivity index (χ3v) is 7.20. The van der Waals surface area contributed by atoms with Crippen LogP contribution in [0.5, 0.6) is 11.5 Å². The van der Waals surface area contributed by atoms with Gasteiger partial charge in [-0.25, -0.2) is 4.39 Å². The summed E-state index contributed by atoms with van der Waals surface area (Å²) in [6.45, 7) is 1.76. The zero-order chi connectivity index (χ0) is 26.2. The van der Waals surface area contributed by atoms with E-state index >= 15 is 4.39 Å². The van der Waals surface area contributed by atoms with Crippen molar-refractivity contribution < 1.29 is 18.7 Å². The number of benzene rings is 2. The molecule has 6 rings (SSSR count). The SMILES string of the molecule is Cc1cc(CC(=O)NC(C=NC23CCC(C2)C3)=CN)c(F)cc1Oc1ccnc2ccc(C(N)=O)cc12. The molecule has 9 heteroatoms. The van der Waals surface area contributed by atoms with Crippen molar-refractivity contribution in [2.24, 2.45) is 22.4 Å². The van der Waals surface area contributed by atoms with Crippen LogP contribution in [0.3, 0.4) is 0 Å². The number of carbonyl (C=O) groups is 2. The van der Waals surface area contributed by atoms with Gasteiger partial charge in [-0.15, -0.1) is 0 Å². The minimum absolute atomic E-state index is 0.00423. The number of ether oxygens (including phenoxy) is 1. The summed E-state index contributed by atoms with van der Waals surface area (Å²) in [7, 11) is 0. The average molecular weight is 502 g/mol. The number of hydrogen-bond acceptors (Lipinski definition) is 6. The number of aryl methyl sites for hydroxylation is 1. The van der Waals surface area contributed by atoms with E-state index in [1.165, 1.54) is 18.7 Å². The highest BCUT2D eigenvalue weighted by Gasteiger charge is 2.49. The van der Waals surface area contributed by atoms with Crippen LogP contribution >= 0.6 is 0 Å². The molecule has 190 valence electrons. The van der Waals surface area contributed by atoms with Crippen LogP contribution in [0.25, 0.3) is 10.9 Å². The van der Waals surface area contributed by atoms with Crippen LogP contribution in [0, 0.1) is 18.7 Å². The Morgan fingerprint density at radius 3 is 2.76 bits per heavy atom. The van der Waals surface area contributed by atoms with E-state index < -0.39 is 17.6 Å². The second kappa shape index (κ2) is 9.65. The van der Waals surface area contributed by atoms with Crippen molar-refractivity contribution in [2.45, 2.75) is 44.6 Å². The van der Waals surface area contributed by atoms with Gasteiger partial charge in [0.1, 0.15) is 17.3 Å². The second-order valence-corrected chi connectivity index (χ2v) is 9.86. The summed E-state index contributed by atoms with van der Waals surface area (Å²) in [6.07, 6.45) is 8.76. The predicted molar refractivity (Wildman–Crippen MR) is 139 cm³/mol. The number of primary amides is 1. The topological polar surface area (TPSA) is 133 Å². The highest BCUT2D eigenvalue weighted by molar-refractivity contribution is 5.98. The van der Waals surface area contributed by atoms with Crippen molar-refractivity contribution in [1.82, 2.24) is 10.3 Å². The largest absolute Gasteiger partial charge is 0.456 e. The summed E-state index contributed by atoms with van der Waals surface area (Å²) >= 11 is 0. The first-order valence-electron chi connectivity index (χ1n) is 12.2. The summed E-state index contributed by atoms with van der Waals surface area (Å²) < 4.78 is 21.0. The molecule has 3 aliphatic rings. The van der Waals surface area contributed by atoms with Crippen LogP contribution in [0.15, 0.2) is 59.5 Å². The number of carbonyl (C=O) groups excluding carboxylic acids is 2. The van der Waals surface area contributed by atoms with Crippen LogP contribution in [0.2, 0.25) is 0 Å². The first-order chi connectivity index (χ1) is 17.7. The zero-order valence-corrected chi connectivity index (χ0v) is 20.5. The van der Waals surface area contributed by atoms with E-state index in [1.807, 2.05) is 0 Å². The summed E-state index contributed by atoms with van der Waals surface area (Å²) in [5, 5.41) is 3.28. The molecule has 2 aromatic carbocycles. The maximum Gasteiger partial charge on any atom is 0.248 e. The third-order valence-electron chi connectivity index (χ3n) is 7.20. The normalized spacial score (nSPS) is 20.7. The summed E-state index contributed by atoms with van der Waals surface area (Å²) in [5.41, 5.74) is 13.3. The van der Waals surface area contributed by atoms with Crippen molar-refractivity contribution in [1.29, 1.82) is 0 Å². The van der Waals surface area contributed by atoms with E-state index in [2.05, 4.69) is 15.3 Å². The van der Waals surface area contributed by atoms with Crippen molar-refractivity contribution >= 4 is 28.9 Å². The molecule has 1 aromatic heterocycles. The van der Waals surface area contributed by atoms with Crippen LogP contribution in [-0.2, 0) is 11.2 Å². The molecule has 3 aliphatic carbocycles.